The van der Waals surface area contributed by atoms with Gasteiger partial charge in [0.15, 0.2) is 17.4 Å². The van der Waals surface area contributed by atoms with E-state index in [1.165, 1.54) is 6.26 Å². The molecule has 0 fully saturated rings. The standard InChI is InChI=1S/C17H16N4O3/c1-12(11-14(22)15-6-3-10-24-15)19-17(23)13-5-2-7-16(20-13)21-9-4-8-18-21/h2-10,12H,11H2,1H3,(H,19,23). The summed E-state index contributed by atoms with van der Waals surface area (Å²) in [6.07, 6.45) is 4.98. The largest absolute Gasteiger partial charge is 0.461 e. The molecule has 0 saturated heterocycles. The molecule has 0 aliphatic carbocycles. The molecule has 3 aromatic heterocycles. The van der Waals surface area contributed by atoms with Crippen molar-refractivity contribution in [3.05, 3.63) is 66.5 Å². The summed E-state index contributed by atoms with van der Waals surface area (Å²) in [6.45, 7) is 1.76. The molecule has 122 valence electrons. The summed E-state index contributed by atoms with van der Waals surface area (Å²) in [7, 11) is 0. The quantitative estimate of drug-likeness (QED) is 0.702. The summed E-state index contributed by atoms with van der Waals surface area (Å²) in [5, 5.41) is 6.85. The molecule has 3 aromatic rings. The van der Waals surface area contributed by atoms with E-state index in [1.54, 1.807) is 60.4 Å². The van der Waals surface area contributed by atoms with Gasteiger partial charge in [-0.25, -0.2) is 9.67 Å². The Kier molecular flexibility index (Phi) is 4.51. The number of hydrogen-bond acceptors (Lipinski definition) is 5. The van der Waals surface area contributed by atoms with Gasteiger partial charge in [0.2, 0.25) is 0 Å². The third-order valence-corrected chi connectivity index (χ3v) is 3.37. The maximum atomic E-state index is 12.3. The van der Waals surface area contributed by atoms with E-state index in [-0.39, 0.29) is 35.6 Å². The first-order valence-corrected chi connectivity index (χ1v) is 7.48. The average molecular weight is 324 g/mol. The Labute approximate surface area is 138 Å². The van der Waals surface area contributed by atoms with Crippen LogP contribution >= 0.6 is 0 Å². The number of ketones is 1. The molecule has 0 radical (unpaired) electrons. The lowest BCUT2D eigenvalue weighted by Crippen LogP contribution is -2.34. The van der Waals surface area contributed by atoms with E-state index in [9.17, 15) is 9.59 Å². The monoisotopic (exact) mass is 324 g/mol. The lowest BCUT2D eigenvalue weighted by Gasteiger charge is -2.12. The Morgan fingerprint density at radius 1 is 1.25 bits per heavy atom. The van der Waals surface area contributed by atoms with Crippen LogP contribution in [0.4, 0.5) is 0 Å². The van der Waals surface area contributed by atoms with E-state index in [0.29, 0.717) is 5.82 Å². The highest BCUT2D eigenvalue weighted by Gasteiger charge is 2.17. The van der Waals surface area contributed by atoms with Crippen LogP contribution in [0.15, 0.2) is 59.5 Å². The molecular formula is C17H16N4O3. The third kappa shape index (κ3) is 3.57. The minimum Gasteiger partial charge on any atom is -0.461 e. The lowest BCUT2D eigenvalue weighted by atomic mass is 10.1. The Morgan fingerprint density at radius 3 is 2.83 bits per heavy atom. The fourth-order valence-corrected chi connectivity index (χ4v) is 2.25. The maximum absolute atomic E-state index is 12.3. The topological polar surface area (TPSA) is 90.0 Å². The van der Waals surface area contributed by atoms with E-state index in [4.69, 9.17) is 4.42 Å². The van der Waals surface area contributed by atoms with E-state index in [0.717, 1.165) is 0 Å². The minimum absolute atomic E-state index is 0.151. The first-order valence-electron chi connectivity index (χ1n) is 7.48. The molecule has 0 aromatic carbocycles. The molecule has 24 heavy (non-hydrogen) atoms. The summed E-state index contributed by atoms with van der Waals surface area (Å²) >= 11 is 0. The van der Waals surface area contributed by atoms with Gasteiger partial charge in [0.25, 0.3) is 5.91 Å². The number of carbonyl (C=O) groups excluding carboxylic acids is 2. The van der Waals surface area contributed by atoms with Crippen molar-refractivity contribution in [2.24, 2.45) is 0 Å². The number of amides is 1. The van der Waals surface area contributed by atoms with Crippen LogP contribution in [0.3, 0.4) is 0 Å². The van der Waals surface area contributed by atoms with Gasteiger partial charge in [-0.3, -0.25) is 9.59 Å². The van der Waals surface area contributed by atoms with Crippen LogP contribution in [0.25, 0.3) is 5.82 Å². The third-order valence-electron chi connectivity index (χ3n) is 3.37. The van der Waals surface area contributed by atoms with E-state index >= 15 is 0 Å². The molecule has 1 atom stereocenters. The zero-order valence-corrected chi connectivity index (χ0v) is 13.0. The van der Waals surface area contributed by atoms with Gasteiger partial charge >= 0.3 is 0 Å². The zero-order chi connectivity index (χ0) is 16.9. The number of pyridine rings is 1. The summed E-state index contributed by atoms with van der Waals surface area (Å²) in [5.74, 6) is 0.330. The van der Waals surface area contributed by atoms with Gasteiger partial charge < -0.3 is 9.73 Å². The smallest absolute Gasteiger partial charge is 0.270 e. The molecule has 3 heterocycles. The summed E-state index contributed by atoms with van der Waals surface area (Å²) in [5.41, 5.74) is 0.264. The number of hydrogen-bond donors (Lipinski definition) is 1. The zero-order valence-electron chi connectivity index (χ0n) is 13.0. The number of Topliss-reactive ketones (excluding diaryl/α,β-unsaturated/α-hetero) is 1. The van der Waals surface area contributed by atoms with E-state index in [2.05, 4.69) is 15.4 Å². The van der Waals surface area contributed by atoms with Crippen molar-refractivity contribution in [3.8, 4) is 5.82 Å². The Bertz CT molecular complexity index is 825. The Morgan fingerprint density at radius 2 is 2.12 bits per heavy atom. The normalized spacial score (nSPS) is 11.9. The molecule has 1 N–H and O–H groups in total. The van der Waals surface area contributed by atoms with Crippen LogP contribution in [-0.4, -0.2) is 32.5 Å². The van der Waals surface area contributed by atoms with Gasteiger partial charge in [-0.1, -0.05) is 6.07 Å². The van der Waals surface area contributed by atoms with Crippen molar-refractivity contribution in [2.45, 2.75) is 19.4 Å². The number of nitrogens with one attached hydrogen (secondary N) is 1. The Balaban J connectivity index is 1.64. The van der Waals surface area contributed by atoms with Crippen LogP contribution in [0.1, 0.15) is 34.4 Å². The minimum atomic E-state index is -0.344. The van der Waals surface area contributed by atoms with Crippen LogP contribution < -0.4 is 5.32 Å². The first-order chi connectivity index (χ1) is 11.6. The number of furan rings is 1. The summed E-state index contributed by atoms with van der Waals surface area (Å²) < 4.78 is 6.63. The molecule has 0 saturated carbocycles. The molecule has 0 bridgehead atoms. The number of carbonyl (C=O) groups is 2. The predicted molar refractivity (Wildman–Crippen MR) is 85.9 cm³/mol. The summed E-state index contributed by atoms with van der Waals surface area (Å²) in [4.78, 5) is 28.6. The molecular weight excluding hydrogens is 308 g/mol. The van der Waals surface area contributed by atoms with Gasteiger partial charge in [-0.05, 0) is 37.3 Å². The molecule has 1 amide bonds. The molecule has 0 aliphatic rings. The SMILES string of the molecule is CC(CC(=O)c1ccco1)NC(=O)c1cccc(-n2cccn2)n1. The molecule has 1 unspecified atom stereocenters. The highest BCUT2D eigenvalue weighted by molar-refractivity contribution is 5.95. The van der Waals surface area contributed by atoms with Gasteiger partial charge in [0.1, 0.15) is 5.69 Å². The number of rotatable bonds is 6. The Hall–Kier alpha value is -3.22. The fraction of sp³-hybridized carbons (Fsp3) is 0.176. The van der Waals surface area contributed by atoms with E-state index < -0.39 is 0 Å². The van der Waals surface area contributed by atoms with Crippen molar-refractivity contribution < 1.29 is 14.0 Å². The molecule has 7 nitrogen and oxygen atoms in total. The van der Waals surface area contributed by atoms with Crippen molar-refractivity contribution in [2.75, 3.05) is 0 Å². The van der Waals surface area contributed by atoms with Crippen molar-refractivity contribution >= 4 is 11.7 Å². The van der Waals surface area contributed by atoms with Crippen LogP contribution in [-0.2, 0) is 0 Å². The molecule has 0 aliphatic heterocycles. The lowest BCUT2D eigenvalue weighted by molar-refractivity contribution is 0.0904. The highest BCUT2D eigenvalue weighted by atomic mass is 16.3. The second-order valence-electron chi connectivity index (χ2n) is 5.31. The second kappa shape index (κ2) is 6.91. The van der Waals surface area contributed by atoms with Crippen molar-refractivity contribution in [1.82, 2.24) is 20.1 Å². The van der Waals surface area contributed by atoms with Gasteiger partial charge in [0, 0.05) is 24.9 Å². The fourth-order valence-electron chi connectivity index (χ4n) is 2.25. The molecule has 0 spiro atoms. The number of aromatic nitrogens is 3. The van der Waals surface area contributed by atoms with Crippen LogP contribution in [0.5, 0.6) is 0 Å². The number of nitrogens with zero attached hydrogens (tertiary/aromatic N) is 3. The van der Waals surface area contributed by atoms with Crippen molar-refractivity contribution in [3.63, 3.8) is 0 Å². The second-order valence-corrected chi connectivity index (χ2v) is 5.31. The van der Waals surface area contributed by atoms with Gasteiger partial charge in [0.05, 0.1) is 6.26 Å². The highest BCUT2D eigenvalue weighted by Crippen LogP contribution is 2.08. The van der Waals surface area contributed by atoms with E-state index in [1.807, 2.05) is 0 Å². The first kappa shape index (κ1) is 15.7. The molecule has 7 heteroatoms. The van der Waals surface area contributed by atoms with Crippen LogP contribution in [0.2, 0.25) is 0 Å². The van der Waals surface area contributed by atoms with Crippen LogP contribution in [0, 0.1) is 0 Å². The average Bonchev–Trinajstić information content (AvgIpc) is 3.28. The van der Waals surface area contributed by atoms with Crippen molar-refractivity contribution in [1.29, 1.82) is 0 Å². The maximum Gasteiger partial charge on any atom is 0.270 e. The molecule has 3 rings (SSSR count). The predicted octanol–water partition coefficient (Wildman–Crippen LogP) is 2.25. The van der Waals surface area contributed by atoms with Gasteiger partial charge in [-0.2, -0.15) is 5.10 Å². The van der Waals surface area contributed by atoms with Gasteiger partial charge in [-0.15, -0.1) is 0 Å². The summed E-state index contributed by atoms with van der Waals surface area (Å²) in [6, 6.07) is 9.80.